The van der Waals surface area contributed by atoms with E-state index in [-0.39, 0.29) is 11.9 Å². The van der Waals surface area contributed by atoms with E-state index < -0.39 is 0 Å². The summed E-state index contributed by atoms with van der Waals surface area (Å²) in [5.41, 5.74) is 2.34. The third kappa shape index (κ3) is 1.51. The first-order valence-electron chi connectivity index (χ1n) is 5.89. The molecule has 1 atom stereocenters. The Morgan fingerprint density at radius 3 is 3.25 bits per heavy atom. The van der Waals surface area contributed by atoms with Crippen molar-refractivity contribution < 1.29 is 4.79 Å². The van der Waals surface area contributed by atoms with Gasteiger partial charge in [0, 0.05) is 31.7 Å². The second-order valence-corrected chi connectivity index (χ2v) is 4.42. The zero-order valence-corrected chi connectivity index (χ0v) is 9.20. The van der Waals surface area contributed by atoms with E-state index in [2.05, 4.69) is 20.2 Å². The molecule has 3 rings (SSSR count). The number of hydrogen-bond donors (Lipinski definition) is 2. The minimum atomic E-state index is -0.0388. The van der Waals surface area contributed by atoms with Gasteiger partial charge in [0.1, 0.15) is 6.04 Å². The summed E-state index contributed by atoms with van der Waals surface area (Å²) >= 11 is 0. The van der Waals surface area contributed by atoms with E-state index in [0.29, 0.717) is 0 Å². The van der Waals surface area contributed by atoms with Crippen molar-refractivity contribution in [1.29, 1.82) is 0 Å². The number of aromatic nitrogens is 2. The first kappa shape index (κ1) is 9.84. The number of carbonyl (C=O) groups is 1. The van der Waals surface area contributed by atoms with Crippen LogP contribution in [0.25, 0.3) is 0 Å². The second kappa shape index (κ2) is 3.90. The molecule has 16 heavy (non-hydrogen) atoms. The molecule has 1 fully saturated rings. The molecule has 0 radical (unpaired) electrons. The highest BCUT2D eigenvalue weighted by atomic mass is 16.2. The van der Waals surface area contributed by atoms with E-state index in [4.69, 9.17) is 0 Å². The lowest BCUT2D eigenvalue weighted by Gasteiger charge is -2.25. The maximum Gasteiger partial charge on any atom is 0.243 e. The van der Waals surface area contributed by atoms with E-state index in [1.807, 2.05) is 6.33 Å². The third-order valence-corrected chi connectivity index (χ3v) is 3.41. The molecular weight excluding hydrogens is 204 g/mol. The lowest BCUT2D eigenvalue weighted by molar-refractivity contribution is -0.125. The van der Waals surface area contributed by atoms with E-state index in [1.165, 1.54) is 5.69 Å². The van der Waals surface area contributed by atoms with Gasteiger partial charge < -0.3 is 15.2 Å². The number of nitrogens with one attached hydrogen (secondary N) is 2. The van der Waals surface area contributed by atoms with Crippen molar-refractivity contribution in [3.05, 3.63) is 17.7 Å². The fourth-order valence-electron chi connectivity index (χ4n) is 2.55. The summed E-state index contributed by atoms with van der Waals surface area (Å²) in [7, 11) is 0. The van der Waals surface area contributed by atoms with Crippen molar-refractivity contribution in [3.8, 4) is 0 Å². The molecule has 1 aromatic rings. The van der Waals surface area contributed by atoms with Crippen LogP contribution in [-0.4, -0.2) is 28.5 Å². The van der Waals surface area contributed by atoms with E-state index >= 15 is 0 Å². The summed E-state index contributed by atoms with van der Waals surface area (Å²) in [5.74, 6) is 0.144. The first-order valence-corrected chi connectivity index (χ1v) is 5.89. The van der Waals surface area contributed by atoms with Crippen LogP contribution >= 0.6 is 0 Å². The number of piperidine rings is 1. The van der Waals surface area contributed by atoms with Gasteiger partial charge in [0.05, 0.1) is 12.0 Å². The standard InChI is InChI=1S/C11H16N4O/c16-11-10(2-1-4-13-11)15-7-14-8-6-12-5-3-9(8)15/h7,10,12H,1-6H2,(H,13,16). The van der Waals surface area contributed by atoms with Crippen molar-refractivity contribution >= 4 is 5.91 Å². The molecule has 86 valence electrons. The van der Waals surface area contributed by atoms with Crippen molar-refractivity contribution in [2.75, 3.05) is 13.1 Å². The first-order chi connectivity index (χ1) is 7.86. The zero-order valence-electron chi connectivity index (χ0n) is 9.20. The Balaban J connectivity index is 1.93. The summed E-state index contributed by atoms with van der Waals surface area (Å²) < 4.78 is 2.07. The van der Waals surface area contributed by atoms with Gasteiger partial charge in [0.25, 0.3) is 0 Å². The van der Waals surface area contributed by atoms with Crippen molar-refractivity contribution in [2.24, 2.45) is 0 Å². The molecule has 1 unspecified atom stereocenters. The largest absolute Gasteiger partial charge is 0.354 e. The van der Waals surface area contributed by atoms with Crippen LogP contribution in [0.2, 0.25) is 0 Å². The molecule has 1 amide bonds. The van der Waals surface area contributed by atoms with Crippen LogP contribution in [-0.2, 0) is 17.8 Å². The predicted octanol–water partition coefficient (Wildman–Crippen LogP) is -0.0201. The smallest absolute Gasteiger partial charge is 0.243 e. The van der Waals surface area contributed by atoms with Gasteiger partial charge in [-0.15, -0.1) is 0 Å². The number of carbonyl (C=O) groups excluding carboxylic acids is 1. The molecular formula is C11H16N4O. The molecule has 1 aromatic heterocycles. The maximum absolute atomic E-state index is 11.8. The van der Waals surface area contributed by atoms with Crippen LogP contribution in [0.5, 0.6) is 0 Å². The van der Waals surface area contributed by atoms with Crippen molar-refractivity contribution in [2.45, 2.75) is 31.8 Å². The Labute approximate surface area is 94.2 Å². The number of rotatable bonds is 1. The van der Waals surface area contributed by atoms with Gasteiger partial charge in [0.2, 0.25) is 5.91 Å². The van der Waals surface area contributed by atoms with Gasteiger partial charge in [-0.05, 0) is 12.8 Å². The van der Waals surface area contributed by atoms with Gasteiger partial charge in [-0.3, -0.25) is 4.79 Å². The Hall–Kier alpha value is -1.36. The number of imidazole rings is 1. The minimum Gasteiger partial charge on any atom is -0.354 e. The highest BCUT2D eigenvalue weighted by molar-refractivity contribution is 5.81. The van der Waals surface area contributed by atoms with Crippen LogP contribution < -0.4 is 10.6 Å². The van der Waals surface area contributed by atoms with Gasteiger partial charge in [0.15, 0.2) is 0 Å². The van der Waals surface area contributed by atoms with Crippen LogP contribution in [0.15, 0.2) is 6.33 Å². The van der Waals surface area contributed by atoms with Gasteiger partial charge in [-0.1, -0.05) is 0 Å². The summed E-state index contributed by atoms with van der Waals surface area (Å²) in [5, 5.41) is 6.22. The number of hydrogen-bond acceptors (Lipinski definition) is 3. The SMILES string of the molecule is O=C1NCCCC1n1cnc2c1CCNC2. The number of fused-ring (bicyclic) bond motifs is 1. The van der Waals surface area contributed by atoms with Gasteiger partial charge >= 0.3 is 0 Å². The summed E-state index contributed by atoms with van der Waals surface area (Å²) in [4.78, 5) is 16.2. The molecule has 5 nitrogen and oxygen atoms in total. The summed E-state index contributed by atoms with van der Waals surface area (Å²) in [6, 6.07) is -0.0388. The zero-order chi connectivity index (χ0) is 11.0. The molecule has 2 aliphatic rings. The molecule has 0 aromatic carbocycles. The number of amides is 1. The maximum atomic E-state index is 11.8. The molecule has 0 bridgehead atoms. The fraction of sp³-hybridized carbons (Fsp3) is 0.636. The molecule has 1 saturated heterocycles. The predicted molar refractivity (Wildman–Crippen MR) is 58.9 cm³/mol. The lowest BCUT2D eigenvalue weighted by Crippen LogP contribution is -2.38. The monoisotopic (exact) mass is 220 g/mol. The lowest BCUT2D eigenvalue weighted by atomic mass is 10.1. The Morgan fingerprint density at radius 1 is 1.44 bits per heavy atom. The molecule has 3 heterocycles. The second-order valence-electron chi connectivity index (χ2n) is 4.42. The molecule has 2 N–H and O–H groups in total. The normalized spacial score (nSPS) is 25.0. The minimum absolute atomic E-state index is 0.0388. The average Bonchev–Trinajstić information content (AvgIpc) is 2.74. The van der Waals surface area contributed by atoms with Crippen LogP contribution in [0.3, 0.4) is 0 Å². The molecule has 0 spiro atoms. The van der Waals surface area contributed by atoms with Gasteiger partial charge in [-0.2, -0.15) is 0 Å². The van der Waals surface area contributed by atoms with E-state index in [0.717, 1.165) is 44.6 Å². The topological polar surface area (TPSA) is 59.0 Å². The molecule has 2 aliphatic heterocycles. The Morgan fingerprint density at radius 2 is 2.38 bits per heavy atom. The Kier molecular flexibility index (Phi) is 2.40. The van der Waals surface area contributed by atoms with E-state index in [1.54, 1.807) is 0 Å². The van der Waals surface area contributed by atoms with Crippen LogP contribution in [0.4, 0.5) is 0 Å². The molecule has 0 saturated carbocycles. The van der Waals surface area contributed by atoms with Gasteiger partial charge in [-0.25, -0.2) is 4.98 Å². The van der Waals surface area contributed by atoms with Crippen molar-refractivity contribution in [3.63, 3.8) is 0 Å². The van der Waals surface area contributed by atoms with E-state index in [9.17, 15) is 4.79 Å². The molecule has 5 heteroatoms. The Bertz CT molecular complexity index is 412. The highest BCUT2D eigenvalue weighted by Gasteiger charge is 2.27. The highest BCUT2D eigenvalue weighted by Crippen LogP contribution is 2.23. The summed E-state index contributed by atoms with van der Waals surface area (Å²) in [6.07, 6.45) is 4.79. The number of nitrogens with zero attached hydrogens (tertiary/aromatic N) is 2. The fourth-order valence-corrected chi connectivity index (χ4v) is 2.55. The summed E-state index contributed by atoms with van der Waals surface area (Å²) in [6.45, 7) is 2.62. The van der Waals surface area contributed by atoms with Crippen molar-refractivity contribution in [1.82, 2.24) is 20.2 Å². The third-order valence-electron chi connectivity index (χ3n) is 3.41. The molecule has 0 aliphatic carbocycles. The van der Waals surface area contributed by atoms with Crippen LogP contribution in [0.1, 0.15) is 30.3 Å². The quantitative estimate of drug-likeness (QED) is 0.699. The average molecular weight is 220 g/mol. The van der Waals surface area contributed by atoms with Crippen LogP contribution in [0, 0.1) is 0 Å².